The van der Waals surface area contributed by atoms with Gasteiger partial charge in [0.2, 0.25) is 0 Å². The molecule has 0 aliphatic rings. The topological polar surface area (TPSA) is 50.9 Å². The third-order valence-electron chi connectivity index (χ3n) is 2.23. The third kappa shape index (κ3) is 1.67. The van der Waals surface area contributed by atoms with Crippen LogP contribution in [0.25, 0.3) is 10.9 Å². The first-order valence-corrected chi connectivity index (χ1v) is 4.45. The first-order chi connectivity index (χ1) is 7.54. The van der Waals surface area contributed by atoms with Crippen LogP contribution in [-0.4, -0.2) is 4.98 Å². The highest BCUT2D eigenvalue weighted by Crippen LogP contribution is 2.37. The van der Waals surface area contributed by atoms with Crippen molar-refractivity contribution in [3.05, 3.63) is 36.0 Å². The number of fused-ring (bicyclic) bond motifs is 1. The first-order valence-electron chi connectivity index (χ1n) is 4.45. The maximum Gasteiger partial charge on any atom is 0.419 e. The Balaban J connectivity index is 2.78. The van der Waals surface area contributed by atoms with Crippen molar-refractivity contribution in [2.24, 2.45) is 5.84 Å². The lowest BCUT2D eigenvalue weighted by atomic mass is 10.1. The number of aromatic nitrogens is 1. The summed E-state index contributed by atoms with van der Waals surface area (Å²) in [5.74, 6) is 5.14. The number of nitrogens with two attached hydrogens (primary N) is 1. The minimum Gasteiger partial charge on any atom is -0.323 e. The number of nitrogen functional groups attached to an aromatic ring is 1. The Hall–Kier alpha value is -1.82. The number of rotatable bonds is 1. The second kappa shape index (κ2) is 3.64. The van der Waals surface area contributed by atoms with E-state index in [1.807, 2.05) is 0 Å². The molecule has 1 aromatic carbocycles. The number of alkyl halides is 3. The molecule has 0 fully saturated rings. The summed E-state index contributed by atoms with van der Waals surface area (Å²) in [5, 5.41) is 0.347. The van der Waals surface area contributed by atoms with E-state index in [9.17, 15) is 13.2 Å². The number of benzene rings is 1. The van der Waals surface area contributed by atoms with Gasteiger partial charge < -0.3 is 5.43 Å². The fourth-order valence-corrected chi connectivity index (χ4v) is 1.51. The third-order valence-corrected chi connectivity index (χ3v) is 2.23. The molecule has 2 aromatic rings. The molecule has 0 bridgehead atoms. The van der Waals surface area contributed by atoms with E-state index in [-0.39, 0.29) is 5.69 Å². The van der Waals surface area contributed by atoms with Crippen LogP contribution in [0.1, 0.15) is 5.56 Å². The average Bonchev–Trinajstić information content (AvgIpc) is 2.26. The molecule has 0 aliphatic carbocycles. The Morgan fingerprint density at radius 1 is 1.19 bits per heavy atom. The van der Waals surface area contributed by atoms with Gasteiger partial charge >= 0.3 is 6.18 Å². The van der Waals surface area contributed by atoms with E-state index in [0.29, 0.717) is 10.9 Å². The first kappa shape index (κ1) is 10.7. The minimum atomic E-state index is -4.47. The smallest absolute Gasteiger partial charge is 0.323 e. The van der Waals surface area contributed by atoms with E-state index in [4.69, 9.17) is 5.84 Å². The normalized spacial score (nSPS) is 11.8. The lowest BCUT2D eigenvalue weighted by molar-refractivity contribution is -0.137. The Labute approximate surface area is 89.1 Å². The van der Waals surface area contributed by atoms with E-state index in [1.54, 1.807) is 18.2 Å². The van der Waals surface area contributed by atoms with Crippen LogP contribution in [0.2, 0.25) is 0 Å². The van der Waals surface area contributed by atoms with Gasteiger partial charge in [-0.05, 0) is 6.07 Å². The summed E-state index contributed by atoms with van der Waals surface area (Å²) < 4.78 is 37.9. The van der Waals surface area contributed by atoms with Gasteiger partial charge in [0.15, 0.2) is 0 Å². The minimum absolute atomic E-state index is 0.155. The van der Waals surface area contributed by atoms with Crippen LogP contribution in [0.15, 0.2) is 30.5 Å². The largest absolute Gasteiger partial charge is 0.419 e. The number of nitrogens with one attached hydrogen (secondary N) is 1. The average molecular weight is 227 g/mol. The maximum absolute atomic E-state index is 12.6. The highest BCUT2D eigenvalue weighted by Gasteiger charge is 2.34. The number of hydrogen-bond donors (Lipinski definition) is 2. The van der Waals surface area contributed by atoms with Gasteiger partial charge in [-0.1, -0.05) is 18.2 Å². The van der Waals surface area contributed by atoms with Crippen LogP contribution in [0, 0.1) is 0 Å². The van der Waals surface area contributed by atoms with E-state index in [1.165, 1.54) is 6.07 Å². The van der Waals surface area contributed by atoms with Gasteiger partial charge in [0, 0.05) is 11.6 Å². The molecule has 0 aliphatic heterocycles. The van der Waals surface area contributed by atoms with Crippen molar-refractivity contribution in [1.82, 2.24) is 4.98 Å². The zero-order valence-corrected chi connectivity index (χ0v) is 8.05. The Kier molecular flexibility index (Phi) is 2.43. The predicted octanol–water partition coefficient (Wildman–Crippen LogP) is 2.54. The highest BCUT2D eigenvalue weighted by atomic mass is 19.4. The van der Waals surface area contributed by atoms with Gasteiger partial charge in [0.05, 0.1) is 16.8 Å². The lowest BCUT2D eigenvalue weighted by Gasteiger charge is -2.13. The van der Waals surface area contributed by atoms with Gasteiger partial charge in [-0.15, -0.1) is 0 Å². The number of pyridine rings is 1. The Morgan fingerprint density at radius 2 is 1.88 bits per heavy atom. The maximum atomic E-state index is 12.6. The summed E-state index contributed by atoms with van der Waals surface area (Å²) in [7, 11) is 0. The summed E-state index contributed by atoms with van der Waals surface area (Å²) in [6, 6.07) is 6.48. The number of anilines is 1. The zero-order chi connectivity index (χ0) is 11.8. The van der Waals surface area contributed by atoms with Crippen LogP contribution in [-0.2, 0) is 6.18 Å². The highest BCUT2D eigenvalue weighted by molar-refractivity contribution is 5.92. The van der Waals surface area contributed by atoms with Gasteiger partial charge in [-0.25, -0.2) is 0 Å². The van der Waals surface area contributed by atoms with E-state index in [0.717, 1.165) is 6.20 Å². The number of para-hydroxylation sites is 1. The quantitative estimate of drug-likeness (QED) is 0.581. The molecule has 0 radical (unpaired) electrons. The monoisotopic (exact) mass is 227 g/mol. The molecular formula is C10H8F3N3. The van der Waals surface area contributed by atoms with Crippen LogP contribution in [0.5, 0.6) is 0 Å². The Bertz CT molecular complexity index is 522. The molecule has 3 N–H and O–H groups in total. The summed E-state index contributed by atoms with van der Waals surface area (Å²) in [4.78, 5) is 3.74. The molecule has 2 rings (SSSR count). The molecule has 0 saturated carbocycles. The summed E-state index contributed by atoms with van der Waals surface area (Å²) in [6.07, 6.45) is -3.70. The molecule has 0 atom stereocenters. The van der Waals surface area contributed by atoms with E-state index >= 15 is 0 Å². The summed E-state index contributed by atoms with van der Waals surface area (Å²) in [6.45, 7) is 0. The fourth-order valence-electron chi connectivity index (χ4n) is 1.51. The van der Waals surface area contributed by atoms with Crippen molar-refractivity contribution in [3.8, 4) is 0 Å². The molecule has 84 valence electrons. The van der Waals surface area contributed by atoms with Crippen LogP contribution < -0.4 is 11.3 Å². The number of nitrogens with zero attached hydrogens (tertiary/aromatic N) is 1. The fraction of sp³-hybridized carbons (Fsp3) is 0.100. The molecule has 1 heterocycles. The Morgan fingerprint density at radius 3 is 2.50 bits per heavy atom. The van der Waals surface area contributed by atoms with Crippen molar-refractivity contribution < 1.29 is 13.2 Å². The molecule has 0 saturated heterocycles. The number of hydrazine groups is 1. The molecule has 0 amide bonds. The van der Waals surface area contributed by atoms with Crippen molar-refractivity contribution in [3.63, 3.8) is 0 Å². The van der Waals surface area contributed by atoms with Gasteiger partial charge in [0.25, 0.3) is 0 Å². The van der Waals surface area contributed by atoms with Gasteiger partial charge in [-0.2, -0.15) is 13.2 Å². The van der Waals surface area contributed by atoms with E-state index < -0.39 is 11.7 Å². The molecule has 0 spiro atoms. The van der Waals surface area contributed by atoms with Crippen LogP contribution in [0.3, 0.4) is 0 Å². The number of halogens is 3. The molecule has 0 unspecified atom stereocenters. The van der Waals surface area contributed by atoms with Crippen molar-refractivity contribution >= 4 is 16.6 Å². The van der Waals surface area contributed by atoms with Crippen molar-refractivity contribution in [1.29, 1.82) is 0 Å². The molecule has 16 heavy (non-hydrogen) atoms. The molecule has 3 nitrogen and oxygen atoms in total. The van der Waals surface area contributed by atoms with E-state index in [2.05, 4.69) is 10.4 Å². The molecular weight excluding hydrogens is 219 g/mol. The second-order valence-electron chi connectivity index (χ2n) is 3.21. The van der Waals surface area contributed by atoms with Crippen LogP contribution >= 0.6 is 0 Å². The summed E-state index contributed by atoms with van der Waals surface area (Å²) in [5.41, 5.74) is 1.53. The van der Waals surface area contributed by atoms with Gasteiger partial charge in [0.1, 0.15) is 0 Å². The predicted molar refractivity (Wildman–Crippen MR) is 54.6 cm³/mol. The van der Waals surface area contributed by atoms with Crippen molar-refractivity contribution in [2.75, 3.05) is 5.43 Å². The number of hydrogen-bond acceptors (Lipinski definition) is 3. The SMILES string of the molecule is NNc1c(C(F)(F)F)cnc2ccccc12. The van der Waals surface area contributed by atoms with Crippen molar-refractivity contribution in [2.45, 2.75) is 6.18 Å². The standard InChI is InChI=1S/C10H8F3N3/c11-10(12,13)7-5-15-8-4-2-1-3-6(8)9(7)16-14/h1-5H,14H2,(H,15,16). The van der Waals surface area contributed by atoms with Crippen LogP contribution in [0.4, 0.5) is 18.9 Å². The van der Waals surface area contributed by atoms with Gasteiger partial charge in [-0.3, -0.25) is 10.8 Å². The second-order valence-corrected chi connectivity index (χ2v) is 3.21. The molecule has 1 aromatic heterocycles. The lowest BCUT2D eigenvalue weighted by Crippen LogP contribution is -2.15. The molecule has 6 heteroatoms. The summed E-state index contributed by atoms with van der Waals surface area (Å²) >= 11 is 0. The zero-order valence-electron chi connectivity index (χ0n) is 8.05.